The molecule has 5 nitrogen and oxygen atoms in total. The predicted octanol–water partition coefficient (Wildman–Crippen LogP) is 0.868. The van der Waals surface area contributed by atoms with Gasteiger partial charge in [-0.1, -0.05) is 6.07 Å². The van der Waals surface area contributed by atoms with Crippen molar-refractivity contribution in [3.8, 4) is 11.5 Å². The molecule has 0 bridgehead atoms. The highest BCUT2D eigenvalue weighted by atomic mass is 15.3. The van der Waals surface area contributed by atoms with Crippen LogP contribution in [0.25, 0.3) is 11.5 Å². The molecule has 0 saturated carbocycles. The van der Waals surface area contributed by atoms with E-state index in [9.17, 15) is 0 Å². The zero-order valence-corrected chi connectivity index (χ0v) is 8.22. The second-order valence-electron chi connectivity index (χ2n) is 3.64. The highest BCUT2D eigenvalue weighted by Crippen LogP contribution is 2.21. The van der Waals surface area contributed by atoms with Gasteiger partial charge in [0, 0.05) is 13.0 Å². The van der Waals surface area contributed by atoms with E-state index in [1.807, 2.05) is 12.1 Å². The second kappa shape index (κ2) is 3.05. The van der Waals surface area contributed by atoms with E-state index in [2.05, 4.69) is 19.7 Å². The van der Waals surface area contributed by atoms with Gasteiger partial charge >= 0.3 is 0 Å². The van der Waals surface area contributed by atoms with Crippen LogP contribution in [0.2, 0.25) is 0 Å². The molecule has 0 aromatic carbocycles. The number of hydrogen-bond donors (Lipinski definition) is 1. The lowest BCUT2D eigenvalue weighted by Gasteiger charge is -2.02. The Kier molecular flexibility index (Phi) is 1.71. The van der Waals surface area contributed by atoms with Crippen LogP contribution in [0.5, 0.6) is 0 Å². The molecule has 3 heterocycles. The molecule has 76 valence electrons. The number of rotatable bonds is 1. The first kappa shape index (κ1) is 8.40. The Balaban J connectivity index is 2.13. The number of aromatic nitrogens is 4. The van der Waals surface area contributed by atoms with Crippen molar-refractivity contribution in [3.63, 3.8) is 0 Å². The van der Waals surface area contributed by atoms with Gasteiger partial charge in [-0.25, -0.2) is 4.98 Å². The van der Waals surface area contributed by atoms with Crippen molar-refractivity contribution in [2.75, 3.05) is 5.73 Å². The Labute approximate surface area is 87.0 Å². The van der Waals surface area contributed by atoms with Crippen LogP contribution >= 0.6 is 0 Å². The minimum Gasteiger partial charge on any atom is -0.384 e. The van der Waals surface area contributed by atoms with Crippen LogP contribution in [0.3, 0.4) is 0 Å². The number of pyridine rings is 1. The van der Waals surface area contributed by atoms with Gasteiger partial charge in [0.15, 0.2) is 5.82 Å². The third-order valence-electron chi connectivity index (χ3n) is 2.61. The van der Waals surface area contributed by atoms with Gasteiger partial charge in [-0.3, -0.25) is 0 Å². The minimum atomic E-state index is 0.517. The molecule has 2 aromatic rings. The quantitative estimate of drug-likeness (QED) is 0.743. The van der Waals surface area contributed by atoms with Crippen molar-refractivity contribution >= 4 is 5.82 Å². The Morgan fingerprint density at radius 2 is 2.20 bits per heavy atom. The summed E-state index contributed by atoms with van der Waals surface area (Å²) in [7, 11) is 0. The molecule has 0 amide bonds. The van der Waals surface area contributed by atoms with E-state index in [-0.39, 0.29) is 0 Å². The van der Waals surface area contributed by atoms with E-state index in [0.29, 0.717) is 5.82 Å². The lowest BCUT2D eigenvalue weighted by Crippen LogP contribution is -1.99. The summed E-state index contributed by atoms with van der Waals surface area (Å²) in [5.41, 5.74) is 6.44. The van der Waals surface area contributed by atoms with Crippen molar-refractivity contribution in [1.29, 1.82) is 0 Å². The van der Waals surface area contributed by atoms with Crippen LogP contribution in [0.15, 0.2) is 18.2 Å². The third kappa shape index (κ3) is 1.27. The third-order valence-corrected chi connectivity index (χ3v) is 2.61. The normalized spacial score (nSPS) is 14.1. The molecule has 0 atom stereocenters. The Morgan fingerprint density at radius 1 is 1.27 bits per heavy atom. The van der Waals surface area contributed by atoms with Gasteiger partial charge < -0.3 is 10.3 Å². The standard InChI is InChI=1S/C10H11N5/c11-8-4-1-3-7(12-8)10-14-13-9-5-2-6-15(9)10/h1,3-4H,2,5-6H2,(H2,11,12). The number of fused-ring (bicyclic) bond motifs is 1. The van der Waals surface area contributed by atoms with Crippen molar-refractivity contribution in [2.45, 2.75) is 19.4 Å². The smallest absolute Gasteiger partial charge is 0.182 e. The largest absolute Gasteiger partial charge is 0.384 e. The van der Waals surface area contributed by atoms with Crippen LogP contribution in [-0.4, -0.2) is 19.7 Å². The molecule has 0 radical (unpaired) electrons. The Hall–Kier alpha value is -1.91. The first-order chi connectivity index (χ1) is 7.34. The highest BCUT2D eigenvalue weighted by Gasteiger charge is 2.18. The maximum atomic E-state index is 5.64. The maximum absolute atomic E-state index is 5.64. The van der Waals surface area contributed by atoms with Gasteiger partial charge in [0.05, 0.1) is 0 Å². The van der Waals surface area contributed by atoms with Crippen LogP contribution in [-0.2, 0) is 13.0 Å². The lowest BCUT2D eigenvalue weighted by atomic mass is 10.3. The Morgan fingerprint density at radius 3 is 3.07 bits per heavy atom. The van der Waals surface area contributed by atoms with Crippen molar-refractivity contribution in [2.24, 2.45) is 0 Å². The van der Waals surface area contributed by atoms with E-state index in [4.69, 9.17) is 5.73 Å². The van der Waals surface area contributed by atoms with Crippen LogP contribution in [0.4, 0.5) is 5.82 Å². The lowest BCUT2D eigenvalue weighted by molar-refractivity contribution is 0.746. The molecular formula is C10H11N5. The average molecular weight is 201 g/mol. The summed E-state index contributed by atoms with van der Waals surface area (Å²) in [6.07, 6.45) is 2.15. The second-order valence-corrected chi connectivity index (χ2v) is 3.64. The van der Waals surface area contributed by atoms with Crippen molar-refractivity contribution in [3.05, 3.63) is 24.0 Å². The van der Waals surface area contributed by atoms with Crippen molar-refractivity contribution < 1.29 is 0 Å². The van der Waals surface area contributed by atoms with Gasteiger partial charge in [0.25, 0.3) is 0 Å². The molecule has 0 unspecified atom stereocenters. The number of aryl methyl sites for hydroxylation is 1. The van der Waals surface area contributed by atoms with E-state index in [0.717, 1.165) is 36.7 Å². The number of nitrogen functional groups attached to an aromatic ring is 1. The van der Waals surface area contributed by atoms with E-state index in [1.165, 1.54) is 0 Å². The molecule has 2 N–H and O–H groups in total. The van der Waals surface area contributed by atoms with Crippen LogP contribution in [0, 0.1) is 0 Å². The number of hydrogen-bond acceptors (Lipinski definition) is 4. The van der Waals surface area contributed by atoms with Gasteiger partial charge in [-0.15, -0.1) is 10.2 Å². The van der Waals surface area contributed by atoms with Crippen molar-refractivity contribution in [1.82, 2.24) is 19.7 Å². The fourth-order valence-corrected chi connectivity index (χ4v) is 1.92. The van der Waals surface area contributed by atoms with E-state index < -0.39 is 0 Å². The van der Waals surface area contributed by atoms with E-state index in [1.54, 1.807) is 6.07 Å². The van der Waals surface area contributed by atoms with E-state index >= 15 is 0 Å². The van der Waals surface area contributed by atoms with Gasteiger partial charge in [-0.2, -0.15) is 0 Å². The fraction of sp³-hybridized carbons (Fsp3) is 0.300. The summed E-state index contributed by atoms with van der Waals surface area (Å²) in [5.74, 6) is 2.40. The first-order valence-electron chi connectivity index (χ1n) is 4.99. The minimum absolute atomic E-state index is 0.517. The summed E-state index contributed by atoms with van der Waals surface area (Å²) in [6.45, 7) is 0.980. The van der Waals surface area contributed by atoms with Gasteiger partial charge in [0.1, 0.15) is 17.3 Å². The molecule has 1 aliphatic heterocycles. The molecule has 3 rings (SSSR count). The topological polar surface area (TPSA) is 69.6 Å². The predicted molar refractivity (Wildman–Crippen MR) is 56.0 cm³/mol. The first-order valence-corrected chi connectivity index (χ1v) is 4.99. The monoisotopic (exact) mass is 201 g/mol. The fourth-order valence-electron chi connectivity index (χ4n) is 1.92. The molecule has 0 aliphatic carbocycles. The van der Waals surface area contributed by atoms with Gasteiger partial charge in [0.2, 0.25) is 0 Å². The zero-order chi connectivity index (χ0) is 10.3. The SMILES string of the molecule is Nc1cccc(-c2nnc3n2CCC3)n1. The molecule has 2 aromatic heterocycles. The Bertz CT molecular complexity index is 502. The summed E-state index contributed by atoms with van der Waals surface area (Å²) >= 11 is 0. The summed E-state index contributed by atoms with van der Waals surface area (Å²) in [6, 6.07) is 5.56. The molecule has 15 heavy (non-hydrogen) atoms. The molecular weight excluding hydrogens is 190 g/mol. The molecule has 0 saturated heterocycles. The highest BCUT2D eigenvalue weighted by molar-refractivity contribution is 5.52. The van der Waals surface area contributed by atoms with Crippen LogP contribution < -0.4 is 5.73 Å². The molecule has 0 spiro atoms. The summed E-state index contributed by atoms with van der Waals surface area (Å²) < 4.78 is 2.11. The van der Waals surface area contributed by atoms with Crippen LogP contribution in [0.1, 0.15) is 12.2 Å². The number of anilines is 1. The maximum Gasteiger partial charge on any atom is 0.182 e. The average Bonchev–Trinajstić information content (AvgIpc) is 2.77. The summed E-state index contributed by atoms with van der Waals surface area (Å²) in [5, 5.41) is 8.28. The zero-order valence-electron chi connectivity index (χ0n) is 8.22. The number of nitrogens with two attached hydrogens (primary N) is 1. The number of nitrogens with zero attached hydrogens (tertiary/aromatic N) is 4. The summed E-state index contributed by atoms with van der Waals surface area (Å²) in [4.78, 5) is 4.25. The molecule has 5 heteroatoms. The molecule has 1 aliphatic rings. The van der Waals surface area contributed by atoms with Gasteiger partial charge in [-0.05, 0) is 18.6 Å². The molecule has 0 fully saturated rings.